The van der Waals surface area contributed by atoms with Crippen molar-refractivity contribution in [2.45, 2.75) is 90.1 Å². The van der Waals surface area contributed by atoms with Crippen LogP contribution in [0.25, 0.3) is 0 Å². The molecule has 0 aromatic rings. The molecule has 148 valence electrons. The summed E-state index contributed by atoms with van der Waals surface area (Å²) in [4.78, 5) is 40.2. The summed E-state index contributed by atoms with van der Waals surface area (Å²) in [6.07, 6.45) is 7.74. The van der Waals surface area contributed by atoms with E-state index in [1.54, 1.807) is 4.90 Å². The van der Waals surface area contributed by atoms with E-state index in [1.807, 2.05) is 4.90 Å². The van der Waals surface area contributed by atoms with Crippen LogP contribution in [0.3, 0.4) is 0 Å². The molecule has 0 aromatic heterocycles. The predicted octanol–water partition coefficient (Wildman–Crippen LogP) is 3.05. The van der Waals surface area contributed by atoms with Gasteiger partial charge in [-0.1, -0.05) is 26.7 Å². The van der Waals surface area contributed by atoms with Gasteiger partial charge in [0.15, 0.2) is 0 Å². The Morgan fingerprint density at radius 1 is 1.04 bits per heavy atom. The first-order valence-corrected chi connectivity index (χ1v) is 10.3. The summed E-state index contributed by atoms with van der Waals surface area (Å²) in [6.45, 7) is 5.63. The lowest BCUT2D eigenvalue weighted by Gasteiger charge is -2.33. The average molecular weight is 367 g/mol. The molecule has 6 heteroatoms. The minimum Gasteiger partial charge on any atom is -0.480 e. The molecular weight excluding hydrogens is 332 g/mol. The Morgan fingerprint density at radius 3 is 2.31 bits per heavy atom. The van der Waals surface area contributed by atoms with Crippen molar-refractivity contribution in [1.29, 1.82) is 0 Å². The van der Waals surface area contributed by atoms with Gasteiger partial charge in [-0.2, -0.15) is 0 Å². The van der Waals surface area contributed by atoms with Crippen molar-refractivity contribution in [1.82, 2.24) is 9.80 Å². The third-order valence-electron chi connectivity index (χ3n) is 5.78. The molecule has 26 heavy (non-hydrogen) atoms. The summed E-state index contributed by atoms with van der Waals surface area (Å²) in [5.41, 5.74) is 0. The molecule has 6 nitrogen and oxygen atoms in total. The van der Waals surface area contributed by atoms with Crippen LogP contribution in [0.4, 0.5) is 0 Å². The molecule has 2 rings (SSSR count). The van der Waals surface area contributed by atoms with E-state index >= 15 is 0 Å². The second-order valence-corrected chi connectivity index (χ2v) is 7.74. The fourth-order valence-electron chi connectivity index (χ4n) is 4.62. The highest BCUT2D eigenvalue weighted by molar-refractivity contribution is 5.85. The van der Waals surface area contributed by atoms with Crippen LogP contribution in [0.15, 0.2) is 0 Å². The number of carboxylic acid groups (broad SMARTS) is 1. The number of carbonyl (C=O) groups is 3. The average Bonchev–Trinajstić information content (AvgIpc) is 3.01. The smallest absolute Gasteiger partial charge is 0.326 e. The van der Waals surface area contributed by atoms with Gasteiger partial charge in [-0.3, -0.25) is 9.59 Å². The molecule has 0 radical (unpaired) electrons. The van der Waals surface area contributed by atoms with Crippen LogP contribution in [0, 0.1) is 5.92 Å². The topological polar surface area (TPSA) is 77.9 Å². The normalized spacial score (nSPS) is 25.0. The van der Waals surface area contributed by atoms with E-state index in [4.69, 9.17) is 0 Å². The first-order chi connectivity index (χ1) is 12.5. The molecule has 1 N–H and O–H groups in total. The summed E-state index contributed by atoms with van der Waals surface area (Å²) >= 11 is 0. The van der Waals surface area contributed by atoms with Crippen molar-refractivity contribution in [2.75, 3.05) is 13.1 Å². The number of likely N-dealkylation sites (tertiary alicyclic amines) is 1. The number of amides is 2. The highest BCUT2D eigenvalue weighted by Crippen LogP contribution is 2.40. The lowest BCUT2D eigenvalue weighted by molar-refractivity contribution is -0.150. The third-order valence-corrected chi connectivity index (χ3v) is 5.78. The molecule has 1 aliphatic heterocycles. The van der Waals surface area contributed by atoms with E-state index in [1.165, 1.54) is 0 Å². The van der Waals surface area contributed by atoms with Crippen molar-refractivity contribution in [3.05, 3.63) is 0 Å². The Balaban J connectivity index is 1.89. The van der Waals surface area contributed by atoms with Crippen molar-refractivity contribution >= 4 is 17.8 Å². The molecule has 0 bridgehead atoms. The van der Waals surface area contributed by atoms with Crippen molar-refractivity contribution in [3.63, 3.8) is 0 Å². The van der Waals surface area contributed by atoms with Crippen molar-refractivity contribution < 1.29 is 19.5 Å². The molecule has 1 saturated carbocycles. The highest BCUT2D eigenvalue weighted by atomic mass is 16.4. The summed E-state index contributed by atoms with van der Waals surface area (Å²) in [6, 6.07) is -0.590. The fraction of sp³-hybridized carbons (Fsp3) is 0.850. The molecule has 2 aliphatic rings. The van der Waals surface area contributed by atoms with E-state index in [0.717, 1.165) is 51.6 Å². The quantitative estimate of drug-likeness (QED) is 0.680. The van der Waals surface area contributed by atoms with E-state index in [-0.39, 0.29) is 24.3 Å². The maximum atomic E-state index is 12.8. The van der Waals surface area contributed by atoms with E-state index in [9.17, 15) is 19.5 Å². The van der Waals surface area contributed by atoms with Gasteiger partial charge in [0.2, 0.25) is 11.8 Å². The molecule has 2 fully saturated rings. The molecule has 0 aromatic carbocycles. The predicted molar refractivity (Wildman–Crippen MR) is 99.6 cm³/mol. The Hall–Kier alpha value is -1.59. The number of aliphatic carboxylic acids is 1. The summed E-state index contributed by atoms with van der Waals surface area (Å²) in [5.74, 6) is -0.536. The molecule has 1 saturated heterocycles. The summed E-state index contributed by atoms with van der Waals surface area (Å²) in [5, 5.41) is 9.53. The van der Waals surface area contributed by atoms with Gasteiger partial charge in [-0.05, 0) is 44.4 Å². The molecular formula is C20H34N2O4. The van der Waals surface area contributed by atoms with Crippen molar-refractivity contribution in [2.24, 2.45) is 5.92 Å². The number of rotatable bonds is 9. The van der Waals surface area contributed by atoms with Gasteiger partial charge in [-0.25, -0.2) is 4.79 Å². The second kappa shape index (κ2) is 9.93. The van der Waals surface area contributed by atoms with Crippen molar-refractivity contribution in [3.8, 4) is 0 Å². The Kier molecular flexibility index (Phi) is 7.91. The number of nitrogens with zero attached hydrogens (tertiary/aromatic N) is 2. The number of hydrogen-bond donors (Lipinski definition) is 1. The van der Waals surface area contributed by atoms with Gasteiger partial charge in [0, 0.05) is 32.0 Å². The van der Waals surface area contributed by atoms with Crippen LogP contribution >= 0.6 is 0 Å². The minimum atomic E-state index is -0.888. The lowest BCUT2D eigenvalue weighted by Crippen LogP contribution is -2.46. The largest absolute Gasteiger partial charge is 0.480 e. The highest BCUT2D eigenvalue weighted by Gasteiger charge is 2.47. The van der Waals surface area contributed by atoms with Gasteiger partial charge in [-0.15, -0.1) is 0 Å². The van der Waals surface area contributed by atoms with Gasteiger partial charge in [0.1, 0.15) is 6.04 Å². The van der Waals surface area contributed by atoms with E-state index in [2.05, 4.69) is 13.8 Å². The molecule has 1 aliphatic carbocycles. The van der Waals surface area contributed by atoms with Crippen LogP contribution in [0.5, 0.6) is 0 Å². The zero-order chi connectivity index (χ0) is 19.1. The van der Waals surface area contributed by atoms with Crippen LogP contribution in [0.1, 0.15) is 78.1 Å². The zero-order valence-electron chi connectivity index (χ0n) is 16.3. The molecule has 1 heterocycles. The van der Waals surface area contributed by atoms with Crippen LogP contribution in [-0.2, 0) is 14.4 Å². The minimum absolute atomic E-state index is 0.0860. The van der Waals surface area contributed by atoms with E-state index in [0.29, 0.717) is 25.2 Å². The van der Waals surface area contributed by atoms with Crippen LogP contribution in [0.2, 0.25) is 0 Å². The number of fused-ring (bicyclic) bond motifs is 1. The molecule has 0 spiro atoms. The van der Waals surface area contributed by atoms with E-state index < -0.39 is 12.0 Å². The molecule has 3 atom stereocenters. The van der Waals surface area contributed by atoms with Gasteiger partial charge in [0.25, 0.3) is 0 Å². The maximum absolute atomic E-state index is 12.8. The first kappa shape index (κ1) is 20.7. The monoisotopic (exact) mass is 366 g/mol. The SMILES string of the molecule is CCCN(CCC)C(=O)CCCC(=O)N1C(C(=O)O)CC2CCCCC21. The van der Waals surface area contributed by atoms with Gasteiger partial charge in [0.05, 0.1) is 0 Å². The standard InChI is InChI=1S/C20H34N2O4/c1-3-12-21(13-4-2)18(23)10-7-11-19(24)22-16-9-6-5-8-15(16)14-17(22)20(25)26/h15-17H,3-14H2,1-2H3,(H,25,26). The number of carboxylic acids is 1. The zero-order valence-corrected chi connectivity index (χ0v) is 16.3. The number of hydrogen-bond acceptors (Lipinski definition) is 3. The number of carbonyl (C=O) groups excluding carboxylic acids is 2. The fourth-order valence-corrected chi connectivity index (χ4v) is 4.62. The van der Waals surface area contributed by atoms with Crippen LogP contribution in [-0.4, -0.2) is 57.9 Å². The molecule has 3 unspecified atom stereocenters. The summed E-state index contributed by atoms with van der Waals surface area (Å²) < 4.78 is 0. The summed E-state index contributed by atoms with van der Waals surface area (Å²) in [7, 11) is 0. The maximum Gasteiger partial charge on any atom is 0.326 e. The molecule has 2 amide bonds. The van der Waals surface area contributed by atoms with Crippen LogP contribution < -0.4 is 0 Å². The Labute approximate surface area is 156 Å². The van der Waals surface area contributed by atoms with Gasteiger partial charge >= 0.3 is 5.97 Å². The second-order valence-electron chi connectivity index (χ2n) is 7.74. The Bertz CT molecular complexity index is 502. The first-order valence-electron chi connectivity index (χ1n) is 10.3. The third kappa shape index (κ3) is 4.98. The Morgan fingerprint density at radius 2 is 1.69 bits per heavy atom. The van der Waals surface area contributed by atoms with Gasteiger partial charge < -0.3 is 14.9 Å². The lowest BCUT2D eigenvalue weighted by atomic mass is 9.84.